The first-order valence-electron chi connectivity index (χ1n) is 10.7. The van der Waals surface area contributed by atoms with Gasteiger partial charge in [-0.1, -0.05) is 56.4 Å². The van der Waals surface area contributed by atoms with Crippen LogP contribution in [-0.2, 0) is 4.79 Å². The van der Waals surface area contributed by atoms with Gasteiger partial charge < -0.3 is 10.6 Å². The first kappa shape index (κ1) is 19.2. The first-order chi connectivity index (χ1) is 13.7. The van der Waals surface area contributed by atoms with Crippen LogP contribution in [0.25, 0.3) is 10.8 Å². The van der Waals surface area contributed by atoms with Gasteiger partial charge in [-0.2, -0.15) is 0 Å². The summed E-state index contributed by atoms with van der Waals surface area (Å²) in [6.45, 7) is 3.15. The number of nitrogens with two attached hydrogens (primary N) is 1. The van der Waals surface area contributed by atoms with E-state index >= 15 is 0 Å². The van der Waals surface area contributed by atoms with Crippen LogP contribution in [0.15, 0.2) is 36.5 Å². The molecule has 0 bridgehead atoms. The molecule has 1 aliphatic heterocycles. The van der Waals surface area contributed by atoms with Crippen molar-refractivity contribution in [1.29, 1.82) is 0 Å². The maximum atomic E-state index is 12.2. The third kappa shape index (κ3) is 4.30. The number of primary amides is 1. The summed E-state index contributed by atoms with van der Waals surface area (Å²) in [6, 6.07) is 10.0. The fourth-order valence-electron chi connectivity index (χ4n) is 4.76. The third-order valence-corrected chi connectivity index (χ3v) is 6.36. The molecule has 1 saturated heterocycles. The molecule has 4 rings (SSSR count). The van der Waals surface area contributed by atoms with E-state index in [4.69, 9.17) is 5.73 Å². The molecule has 2 heterocycles. The van der Waals surface area contributed by atoms with Crippen molar-refractivity contribution in [3.05, 3.63) is 42.9 Å². The Balaban J connectivity index is 1.40. The molecular formula is C23H31N4O. The highest BCUT2D eigenvalue weighted by Gasteiger charge is 2.32. The van der Waals surface area contributed by atoms with Crippen molar-refractivity contribution in [2.24, 2.45) is 11.7 Å². The molecule has 1 aromatic heterocycles. The molecule has 2 aromatic rings. The van der Waals surface area contributed by atoms with Crippen molar-refractivity contribution in [1.82, 2.24) is 9.88 Å². The molecule has 1 saturated carbocycles. The molecular weight excluding hydrogens is 348 g/mol. The number of pyridine rings is 1. The monoisotopic (exact) mass is 379 g/mol. The normalized spacial score (nSPS) is 21.9. The van der Waals surface area contributed by atoms with Crippen LogP contribution >= 0.6 is 0 Å². The lowest BCUT2D eigenvalue weighted by molar-refractivity contribution is -0.123. The first-order valence-corrected chi connectivity index (χ1v) is 10.7. The minimum absolute atomic E-state index is 0.240. The summed E-state index contributed by atoms with van der Waals surface area (Å²) in [5, 5.41) is 2.30. The van der Waals surface area contributed by atoms with E-state index in [-0.39, 0.29) is 11.9 Å². The van der Waals surface area contributed by atoms with Gasteiger partial charge in [-0.15, -0.1) is 0 Å². The summed E-state index contributed by atoms with van der Waals surface area (Å²) in [7, 11) is 0. The van der Waals surface area contributed by atoms with Crippen LogP contribution in [0, 0.1) is 12.3 Å². The van der Waals surface area contributed by atoms with Gasteiger partial charge in [-0.3, -0.25) is 9.69 Å². The molecule has 149 valence electrons. The quantitative estimate of drug-likeness (QED) is 0.836. The fourth-order valence-corrected chi connectivity index (χ4v) is 4.76. The Labute approximate surface area is 167 Å². The number of nitrogens with zero attached hydrogens (tertiary/aromatic N) is 3. The van der Waals surface area contributed by atoms with Gasteiger partial charge in [0.15, 0.2) is 0 Å². The van der Waals surface area contributed by atoms with Crippen LogP contribution < -0.4 is 10.6 Å². The Hall–Kier alpha value is -2.14. The number of benzene rings is 1. The number of amides is 1. The molecule has 1 aliphatic carbocycles. The number of carbonyl (C=O) groups is 1. The maximum Gasteiger partial charge on any atom is 0.236 e. The molecule has 28 heavy (non-hydrogen) atoms. The highest BCUT2D eigenvalue weighted by molar-refractivity contribution is 5.92. The summed E-state index contributed by atoms with van der Waals surface area (Å²) < 4.78 is 0. The van der Waals surface area contributed by atoms with Crippen molar-refractivity contribution in [3.8, 4) is 0 Å². The number of hydrogen-bond acceptors (Lipinski definition) is 4. The SMILES string of the molecule is NC(=O)C1CN(c2nccc3ccccc23)CCN1C[CH]CC1CCCCC1. The van der Waals surface area contributed by atoms with E-state index in [0.29, 0.717) is 6.54 Å². The molecule has 5 nitrogen and oxygen atoms in total. The second-order valence-corrected chi connectivity index (χ2v) is 8.24. The van der Waals surface area contributed by atoms with E-state index in [2.05, 4.69) is 33.3 Å². The average Bonchev–Trinajstić information content (AvgIpc) is 2.74. The van der Waals surface area contributed by atoms with E-state index in [1.54, 1.807) is 0 Å². The Kier molecular flexibility index (Phi) is 6.10. The highest BCUT2D eigenvalue weighted by atomic mass is 16.1. The van der Waals surface area contributed by atoms with Gasteiger partial charge in [-0.05, 0) is 30.2 Å². The van der Waals surface area contributed by atoms with E-state index in [9.17, 15) is 4.79 Å². The van der Waals surface area contributed by atoms with Crippen molar-refractivity contribution in [2.45, 2.75) is 44.6 Å². The summed E-state index contributed by atoms with van der Waals surface area (Å²) in [4.78, 5) is 21.3. The van der Waals surface area contributed by atoms with Gasteiger partial charge in [0, 0.05) is 37.8 Å². The van der Waals surface area contributed by atoms with Crippen LogP contribution in [-0.4, -0.2) is 48.0 Å². The zero-order valence-corrected chi connectivity index (χ0v) is 16.6. The molecule has 1 aromatic carbocycles. The summed E-state index contributed by atoms with van der Waals surface area (Å²) >= 11 is 0. The number of aromatic nitrogens is 1. The molecule has 2 fully saturated rings. The molecule has 2 aliphatic rings. The standard InChI is InChI=1S/C23H31N4O/c24-22(28)21-17-27(23-20-11-5-4-10-19(20)12-13-25-23)16-15-26(21)14-6-9-18-7-2-1-3-8-18/h4-6,10-13,18,21H,1-3,7-9,14-17H2,(H2,24,28). The van der Waals surface area contributed by atoms with Crippen LogP contribution in [0.1, 0.15) is 38.5 Å². The average molecular weight is 380 g/mol. The third-order valence-electron chi connectivity index (χ3n) is 6.36. The van der Waals surface area contributed by atoms with Crippen LogP contribution in [0.4, 0.5) is 5.82 Å². The number of carbonyl (C=O) groups excluding carboxylic acids is 1. The minimum Gasteiger partial charge on any atom is -0.368 e. The van der Waals surface area contributed by atoms with Crippen LogP contribution in [0.2, 0.25) is 0 Å². The van der Waals surface area contributed by atoms with Crippen molar-refractivity contribution >= 4 is 22.5 Å². The summed E-state index contributed by atoms with van der Waals surface area (Å²) in [5.74, 6) is 1.55. The Morgan fingerprint density at radius 2 is 1.96 bits per heavy atom. The smallest absolute Gasteiger partial charge is 0.236 e. The van der Waals surface area contributed by atoms with E-state index in [1.165, 1.54) is 37.5 Å². The van der Waals surface area contributed by atoms with Crippen LogP contribution in [0.3, 0.4) is 0 Å². The predicted octanol–water partition coefficient (Wildman–Crippen LogP) is 3.39. The van der Waals surface area contributed by atoms with Gasteiger partial charge in [-0.25, -0.2) is 4.98 Å². The van der Waals surface area contributed by atoms with E-state index < -0.39 is 0 Å². The van der Waals surface area contributed by atoms with Crippen molar-refractivity contribution < 1.29 is 4.79 Å². The Morgan fingerprint density at radius 1 is 1.14 bits per heavy atom. The van der Waals surface area contributed by atoms with Gasteiger partial charge in [0.05, 0.1) is 0 Å². The Bertz CT molecular complexity index is 797. The van der Waals surface area contributed by atoms with Gasteiger partial charge in [0.1, 0.15) is 11.9 Å². The lowest BCUT2D eigenvalue weighted by atomic mass is 9.86. The topological polar surface area (TPSA) is 62.5 Å². The molecule has 0 spiro atoms. The summed E-state index contributed by atoms with van der Waals surface area (Å²) in [6.07, 6.45) is 12.2. The maximum absolute atomic E-state index is 12.2. The zero-order valence-electron chi connectivity index (χ0n) is 16.6. The minimum atomic E-state index is -0.267. The number of hydrogen-bond donors (Lipinski definition) is 1. The van der Waals surface area contributed by atoms with Gasteiger partial charge >= 0.3 is 0 Å². The largest absolute Gasteiger partial charge is 0.368 e. The number of fused-ring (bicyclic) bond motifs is 1. The second kappa shape index (κ2) is 8.91. The molecule has 1 amide bonds. The van der Waals surface area contributed by atoms with Crippen LogP contribution in [0.5, 0.6) is 0 Å². The number of piperazine rings is 1. The van der Waals surface area contributed by atoms with E-state index in [1.807, 2.05) is 24.4 Å². The van der Waals surface area contributed by atoms with E-state index in [0.717, 1.165) is 43.2 Å². The molecule has 1 unspecified atom stereocenters. The lowest BCUT2D eigenvalue weighted by Crippen LogP contribution is -2.58. The predicted molar refractivity (Wildman–Crippen MR) is 114 cm³/mol. The fraction of sp³-hybridized carbons (Fsp3) is 0.522. The van der Waals surface area contributed by atoms with Gasteiger partial charge in [0.25, 0.3) is 0 Å². The second-order valence-electron chi connectivity index (χ2n) is 8.24. The number of anilines is 1. The van der Waals surface area contributed by atoms with Crippen molar-refractivity contribution in [2.75, 3.05) is 31.1 Å². The molecule has 1 atom stereocenters. The zero-order chi connectivity index (χ0) is 19.3. The molecule has 1 radical (unpaired) electrons. The Morgan fingerprint density at radius 3 is 2.79 bits per heavy atom. The lowest BCUT2D eigenvalue weighted by Gasteiger charge is -2.40. The molecule has 2 N–H and O–H groups in total. The van der Waals surface area contributed by atoms with Crippen molar-refractivity contribution in [3.63, 3.8) is 0 Å². The highest BCUT2D eigenvalue weighted by Crippen LogP contribution is 2.28. The van der Waals surface area contributed by atoms with Gasteiger partial charge in [0.2, 0.25) is 5.91 Å². The number of rotatable bonds is 6. The molecule has 5 heteroatoms. The summed E-state index contributed by atoms with van der Waals surface area (Å²) in [5.41, 5.74) is 5.78.